The van der Waals surface area contributed by atoms with Gasteiger partial charge in [-0.1, -0.05) is 13.0 Å². The summed E-state index contributed by atoms with van der Waals surface area (Å²) in [6.07, 6.45) is 0.733. The van der Waals surface area contributed by atoms with Crippen molar-refractivity contribution in [2.45, 2.75) is 33.7 Å². The first-order chi connectivity index (χ1) is 8.58. The zero-order chi connectivity index (χ0) is 13.5. The zero-order valence-corrected chi connectivity index (χ0v) is 11.5. The van der Waals surface area contributed by atoms with Gasteiger partial charge in [0.15, 0.2) is 0 Å². The molecule has 1 heterocycles. The zero-order valence-electron chi connectivity index (χ0n) is 11.5. The fourth-order valence-electron chi connectivity index (χ4n) is 1.91. The summed E-state index contributed by atoms with van der Waals surface area (Å²) in [4.78, 5) is 18.5. The van der Waals surface area contributed by atoms with Crippen LogP contribution < -0.4 is 5.73 Å². The van der Waals surface area contributed by atoms with Crippen molar-refractivity contribution >= 4 is 5.91 Å². The van der Waals surface area contributed by atoms with Crippen LogP contribution in [0, 0.1) is 12.8 Å². The molecule has 0 aliphatic carbocycles. The van der Waals surface area contributed by atoms with Crippen LogP contribution in [0.4, 0.5) is 0 Å². The second kappa shape index (κ2) is 7.11. The maximum atomic E-state index is 12.2. The molecular formula is C14H23N3O. The number of carbonyl (C=O) groups is 1. The van der Waals surface area contributed by atoms with Gasteiger partial charge in [-0.3, -0.25) is 9.78 Å². The maximum Gasteiger partial charge on any atom is 0.225 e. The number of carbonyl (C=O) groups excluding carboxylic acids is 1. The highest BCUT2D eigenvalue weighted by Gasteiger charge is 2.19. The summed E-state index contributed by atoms with van der Waals surface area (Å²) >= 11 is 0. The van der Waals surface area contributed by atoms with E-state index in [0.29, 0.717) is 19.6 Å². The minimum atomic E-state index is -0.0141. The van der Waals surface area contributed by atoms with Gasteiger partial charge in [-0.15, -0.1) is 0 Å². The summed E-state index contributed by atoms with van der Waals surface area (Å²) in [5, 5.41) is 0. The molecule has 1 atom stereocenters. The van der Waals surface area contributed by atoms with Gasteiger partial charge in [0, 0.05) is 18.2 Å². The van der Waals surface area contributed by atoms with Crippen LogP contribution in [-0.2, 0) is 11.3 Å². The van der Waals surface area contributed by atoms with E-state index in [1.54, 1.807) is 0 Å². The predicted octanol–water partition coefficient (Wildman–Crippen LogP) is 1.72. The normalized spacial score (nSPS) is 12.2. The molecule has 0 aliphatic rings. The summed E-state index contributed by atoms with van der Waals surface area (Å²) in [6.45, 7) is 7.70. The molecule has 2 N–H and O–H groups in total. The molecule has 1 unspecified atom stereocenters. The molecule has 0 aromatic carbocycles. The maximum absolute atomic E-state index is 12.2. The van der Waals surface area contributed by atoms with Crippen molar-refractivity contribution in [2.24, 2.45) is 11.7 Å². The fraction of sp³-hybridized carbons (Fsp3) is 0.571. The lowest BCUT2D eigenvalue weighted by molar-refractivity contribution is -0.135. The average Bonchev–Trinajstić information content (AvgIpc) is 2.35. The van der Waals surface area contributed by atoms with Gasteiger partial charge in [0.25, 0.3) is 0 Å². The molecule has 4 nitrogen and oxygen atoms in total. The lowest BCUT2D eigenvalue weighted by atomic mass is 10.1. The van der Waals surface area contributed by atoms with Crippen molar-refractivity contribution in [3.05, 3.63) is 29.6 Å². The Morgan fingerprint density at radius 2 is 2.22 bits per heavy atom. The lowest BCUT2D eigenvalue weighted by Crippen LogP contribution is -2.35. The summed E-state index contributed by atoms with van der Waals surface area (Å²) in [5.41, 5.74) is 7.41. The second-order valence-electron chi connectivity index (χ2n) is 4.60. The van der Waals surface area contributed by atoms with Crippen molar-refractivity contribution < 1.29 is 4.79 Å². The van der Waals surface area contributed by atoms with Crippen molar-refractivity contribution in [3.63, 3.8) is 0 Å². The minimum absolute atomic E-state index is 0.0141. The van der Waals surface area contributed by atoms with E-state index >= 15 is 0 Å². The lowest BCUT2D eigenvalue weighted by Gasteiger charge is -2.24. The highest BCUT2D eigenvalue weighted by atomic mass is 16.2. The number of hydrogen-bond acceptors (Lipinski definition) is 3. The van der Waals surface area contributed by atoms with E-state index in [9.17, 15) is 4.79 Å². The van der Waals surface area contributed by atoms with Gasteiger partial charge in [-0.05, 0) is 38.9 Å². The van der Waals surface area contributed by atoms with Crippen LogP contribution in [0.25, 0.3) is 0 Å². The molecule has 0 aliphatic heterocycles. The molecule has 0 saturated carbocycles. The van der Waals surface area contributed by atoms with Crippen LogP contribution in [-0.4, -0.2) is 28.9 Å². The first-order valence-electron chi connectivity index (χ1n) is 6.49. The number of nitrogens with two attached hydrogens (primary N) is 1. The molecule has 100 valence electrons. The number of hydrogen-bond donors (Lipinski definition) is 1. The summed E-state index contributed by atoms with van der Waals surface area (Å²) in [6, 6.07) is 5.88. The Hall–Kier alpha value is -1.42. The van der Waals surface area contributed by atoms with E-state index in [2.05, 4.69) is 4.98 Å². The van der Waals surface area contributed by atoms with E-state index < -0.39 is 0 Å². The topological polar surface area (TPSA) is 59.2 Å². The quantitative estimate of drug-likeness (QED) is 0.835. The minimum Gasteiger partial charge on any atom is -0.337 e. The van der Waals surface area contributed by atoms with E-state index in [-0.39, 0.29) is 11.8 Å². The average molecular weight is 249 g/mol. The molecule has 1 aromatic rings. The van der Waals surface area contributed by atoms with Gasteiger partial charge < -0.3 is 10.6 Å². The van der Waals surface area contributed by atoms with Crippen LogP contribution in [0.5, 0.6) is 0 Å². The molecule has 1 amide bonds. The second-order valence-corrected chi connectivity index (χ2v) is 4.60. The number of amides is 1. The molecular weight excluding hydrogens is 226 g/mol. The van der Waals surface area contributed by atoms with Crippen LogP contribution in [0.15, 0.2) is 18.2 Å². The smallest absolute Gasteiger partial charge is 0.225 e. The predicted molar refractivity (Wildman–Crippen MR) is 72.9 cm³/mol. The summed E-state index contributed by atoms with van der Waals surface area (Å²) in [7, 11) is 0. The summed E-state index contributed by atoms with van der Waals surface area (Å²) < 4.78 is 0. The highest BCUT2D eigenvalue weighted by molar-refractivity contribution is 5.78. The largest absolute Gasteiger partial charge is 0.337 e. The van der Waals surface area contributed by atoms with Crippen LogP contribution >= 0.6 is 0 Å². The Kier molecular flexibility index (Phi) is 5.78. The third-order valence-corrected chi connectivity index (χ3v) is 3.01. The van der Waals surface area contributed by atoms with Gasteiger partial charge in [0.05, 0.1) is 12.2 Å². The Labute approximate surface area is 109 Å². The van der Waals surface area contributed by atoms with E-state index in [1.165, 1.54) is 0 Å². The summed E-state index contributed by atoms with van der Waals surface area (Å²) in [5.74, 6) is 0.144. The molecule has 4 heteroatoms. The molecule has 0 fully saturated rings. The molecule has 18 heavy (non-hydrogen) atoms. The third kappa shape index (κ3) is 4.11. The Morgan fingerprint density at radius 3 is 2.78 bits per heavy atom. The Bertz CT molecular complexity index is 392. The van der Waals surface area contributed by atoms with Crippen molar-refractivity contribution in [1.82, 2.24) is 9.88 Å². The molecule has 1 aromatic heterocycles. The first-order valence-corrected chi connectivity index (χ1v) is 6.49. The third-order valence-electron chi connectivity index (χ3n) is 3.01. The van der Waals surface area contributed by atoms with Gasteiger partial charge >= 0.3 is 0 Å². The van der Waals surface area contributed by atoms with Crippen LogP contribution in [0.2, 0.25) is 0 Å². The van der Waals surface area contributed by atoms with Crippen molar-refractivity contribution in [1.29, 1.82) is 0 Å². The van der Waals surface area contributed by atoms with Crippen LogP contribution in [0.3, 0.4) is 0 Å². The van der Waals surface area contributed by atoms with Gasteiger partial charge in [-0.2, -0.15) is 0 Å². The standard InChI is InChI=1S/C14H23N3O/c1-4-17(14(18)11(2)8-9-15)10-13-7-5-6-12(3)16-13/h5-7,11H,4,8-10,15H2,1-3H3. The Balaban J connectivity index is 2.69. The number of rotatable bonds is 6. The monoisotopic (exact) mass is 249 g/mol. The molecule has 0 spiro atoms. The first kappa shape index (κ1) is 14.6. The molecule has 0 radical (unpaired) electrons. The SMILES string of the molecule is CCN(Cc1cccc(C)n1)C(=O)C(C)CCN. The molecule has 0 bridgehead atoms. The van der Waals surface area contributed by atoms with E-state index in [1.807, 2.05) is 43.9 Å². The van der Waals surface area contributed by atoms with E-state index in [4.69, 9.17) is 5.73 Å². The Morgan fingerprint density at radius 1 is 1.50 bits per heavy atom. The van der Waals surface area contributed by atoms with Crippen molar-refractivity contribution in [3.8, 4) is 0 Å². The van der Waals surface area contributed by atoms with Gasteiger partial charge in [-0.25, -0.2) is 0 Å². The molecule has 1 rings (SSSR count). The van der Waals surface area contributed by atoms with Crippen molar-refractivity contribution in [2.75, 3.05) is 13.1 Å². The number of pyridine rings is 1. The molecule has 0 saturated heterocycles. The van der Waals surface area contributed by atoms with Gasteiger partial charge in [0.1, 0.15) is 0 Å². The van der Waals surface area contributed by atoms with E-state index in [0.717, 1.165) is 17.8 Å². The number of aryl methyl sites for hydroxylation is 1. The fourth-order valence-corrected chi connectivity index (χ4v) is 1.91. The highest BCUT2D eigenvalue weighted by Crippen LogP contribution is 2.10. The number of aromatic nitrogens is 1. The van der Waals surface area contributed by atoms with Gasteiger partial charge in [0.2, 0.25) is 5.91 Å². The number of nitrogens with zero attached hydrogens (tertiary/aromatic N) is 2. The van der Waals surface area contributed by atoms with Crippen LogP contribution in [0.1, 0.15) is 31.7 Å².